The van der Waals surface area contributed by atoms with Crippen LogP contribution in [-0.2, 0) is 6.42 Å². The number of esters is 1. The molecule has 140 valence electrons. The van der Waals surface area contributed by atoms with E-state index < -0.39 is 5.97 Å². The van der Waals surface area contributed by atoms with Crippen molar-refractivity contribution < 1.29 is 9.53 Å². The number of carbonyl (C=O) groups excluding carboxylic acids is 1. The van der Waals surface area contributed by atoms with Gasteiger partial charge in [0, 0.05) is 0 Å². The predicted molar refractivity (Wildman–Crippen MR) is 107 cm³/mol. The van der Waals surface area contributed by atoms with Crippen molar-refractivity contribution in [3.63, 3.8) is 0 Å². The molecule has 3 nitrogen and oxygen atoms in total. The molecule has 1 fully saturated rings. The van der Waals surface area contributed by atoms with Crippen LogP contribution in [0.4, 0.5) is 0 Å². The van der Waals surface area contributed by atoms with Crippen molar-refractivity contribution in [2.75, 3.05) is 0 Å². The highest BCUT2D eigenvalue weighted by atomic mass is 16.5. The molecule has 0 unspecified atom stereocenters. The molecule has 0 N–H and O–H groups in total. The standard InChI is InChI=1S/C24H27NO2/c1-3-17-5-8-19(9-6-17)20-10-12-21(13-11-20)24(26)27-23-14-7-18(4-2)15-22(23)16-25/h7,10-15,17,19H,3-6,8-9H2,1-2H3. The second kappa shape index (κ2) is 8.86. The van der Waals surface area contributed by atoms with E-state index in [0.29, 0.717) is 22.8 Å². The van der Waals surface area contributed by atoms with Crippen LogP contribution in [0.2, 0.25) is 0 Å². The molecule has 1 aliphatic carbocycles. The number of hydrogen-bond donors (Lipinski definition) is 0. The van der Waals surface area contributed by atoms with Gasteiger partial charge in [-0.15, -0.1) is 0 Å². The van der Waals surface area contributed by atoms with Gasteiger partial charge in [0.25, 0.3) is 0 Å². The largest absolute Gasteiger partial charge is 0.422 e. The average Bonchev–Trinajstić information content (AvgIpc) is 2.74. The summed E-state index contributed by atoms with van der Waals surface area (Å²) in [5.41, 5.74) is 3.27. The summed E-state index contributed by atoms with van der Waals surface area (Å²) in [5.74, 6) is 1.38. The zero-order valence-corrected chi connectivity index (χ0v) is 16.2. The maximum atomic E-state index is 12.5. The van der Waals surface area contributed by atoms with E-state index in [1.54, 1.807) is 12.1 Å². The molecular formula is C24H27NO2. The van der Waals surface area contributed by atoms with Gasteiger partial charge in [-0.3, -0.25) is 0 Å². The second-order valence-electron chi connectivity index (χ2n) is 7.43. The zero-order chi connectivity index (χ0) is 19.2. The molecule has 3 rings (SSSR count). The SMILES string of the molecule is CCc1ccc(OC(=O)c2ccc(C3CCC(CC)CC3)cc2)c(C#N)c1. The van der Waals surface area contributed by atoms with E-state index in [4.69, 9.17) is 4.74 Å². The first-order valence-corrected chi connectivity index (χ1v) is 9.99. The molecule has 0 heterocycles. The summed E-state index contributed by atoms with van der Waals surface area (Å²) >= 11 is 0. The summed E-state index contributed by atoms with van der Waals surface area (Å²) in [5, 5.41) is 9.30. The van der Waals surface area contributed by atoms with Crippen LogP contribution in [0.3, 0.4) is 0 Å². The highest BCUT2D eigenvalue weighted by molar-refractivity contribution is 5.91. The van der Waals surface area contributed by atoms with Gasteiger partial charge in [-0.2, -0.15) is 5.26 Å². The highest BCUT2D eigenvalue weighted by Gasteiger charge is 2.21. The molecule has 0 saturated heterocycles. The van der Waals surface area contributed by atoms with Crippen molar-refractivity contribution in [2.24, 2.45) is 5.92 Å². The van der Waals surface area contributed by atoms with Gasteiger partial charge in [-0.05, 0) is 79.3 Å². The molecule has 0 amide bonds. The Morgan fingerprint density at radius 2 is 1.78 bits per heavy atom. The first-order valence-electron chi connectivity index (χ1n) is 9.99. The minimum Gasteiger partial charge on any atom is -0.422 e. The Hall–Kier alpha value is -2.60. The lowest BCUT2D eigenvalue weighted by Crippen LogP contribution is -2.13. The normalized spacial score (nSPS) is 19.3. The number of aryl methyl sites for hydroxylation is 1. The molecule has 2 aromatic carbocycles. The zero-order valence-electron chi connectivity index (χ0n) is 16.2. The van der Waals surface area contributed by atoms with Crippen molar-refractivity contribution in [1.82, 2.24) is 0 Å². The smallest absolute Gasteiger partial charge is 0.343 e. The first kappa shape index (κ1) is 19.2. The van der Waals surface area contributed by atoms with Crippen LogP contribution in [0.25, 0.3) is 0 Å². The van der Waals surface area contributed by atoms with Crippen LogP contribution >= 0.6 is 0 Å². The molecule has 3 heteroatoms. The number of hydrogen-bond acceptors (Lipinski definition) is 3. The van der Waals surface area contributed by atoms with Gasteiger partial charge in [-0.25, -0.2) is 4.79 Å². The summed E-state index contributed by atoms with van der Waals surface area (Å²) in [7, 11) is 0. The molecule has 0 bridgehead atoms. The minimum absolute atomic E-state index is 0.321. The minimum atomic E-state index is -0.419. The summed E-state index contributed by atoms with van der Waals surface area (Å²) in [6.45, 7) is 4.30. The van der Waals surface area contributed by atoms with Gasteiger partial charge in [-0.1, -0.05) is 38.5 Å². The number of rotatable bonds is 5. The van der Waals surface area contributed by atoms with Crippen LogP contribution in [0.15, 0.2) is 42.5 Å². The maximum Gasteiger partial charge on any atom is 0.343 e. The fraction of sp³-hybridized carbons (Fsp3) is 0.417. The predicted octanol–water partition coefficient (Wildman–Crippen LogP) is 6.02. The van der Waals surface area contributed by atoms with E-state index >= 15 is 0 Å². The molecule has 27 heavy (non-hydrogen) atoms. The van der Waals surface area contributed by atoms with Crippen LogP contribution < -0.4 is 4.74 Å². The van der Waals surface area contributed by atoms with Crippen LogP contribution in [0.1, 0.15) is 78.9 Å². The Labute approximate surface area is 162 Å². The number of nitrogens with zero attached hydrogens (tertiary/aromatic N) is 1. The van der Waals surface area contributed by atoms with Gasteiger partial charge in [0.1, 0.15) is 11.8 Å². The summed E-state index contributed by atoms with van der Waals surface area (Å²) in [4.78, 5) is 12.5. The van der Waals surface area contributed by atoms with Crippen molar-refractivity contribution >= 4 is 5.97 Å². The van der Waals surface area contributed by atoms with Crippen LogP contribution in [-0.4, -0.2) is 5.97 Å². The number of carbonyl (C=O) groups is 1. The maximum absolute atomic E-state index is 12.5. The van der Waals surface area contributed by atoms with E-state index in [0.717, 1.165) is 17.9 Å². The molecule has 1 aliphatic rings. The average molecular weight is 361 g/mol. The van der Waals surface area contributed by atoms with Crippen LogP contribution in [0, 0.1) is 17.2 Å². The third kappa shape index (κ3) is 4.57. The first-order chi connectivity index (χ1) is 13.1. The second-order valence-corrected chi connectivity index (χ2v) is 7.43. The topological polar surface area (TPSA) is 50.1 Å². The van der Waals surface area contributed by atoms with Crippen molar-refractivity contribution in [1.29, 1.82) is 5.26 Å². The highest BCUT2D eigenvalue weighted by Crippen LogP contribution is 2.37. The van der Waals surface area contributed by atoms with Crippen molar-refractivity contribution in [3.8, 4) is 11.8 Å². The van der Waals surface area contributed by atoms with Crippen molar-refractivity contribution in [2.45, 2.75) is 58.3 Å². The Morgan fingerprint density at radius 1 is 1.07 bits per heavy atom. The van der Waals surface area contributed by atoms with E-state index in [2.05, 4.69) is 25.1 Å². The van der Waals surface area contributed by atoms with E-state index in [9.17, 15) is 10.1 Å². The lowest BCUT2D eigenvalue weighted by molar-refractivity contribution is 0.0734. The molecule has 0 atom stereocenters. The Morgan fingerprint density at radius 3 is 2.37 bits per heavy atom. The van der Waals surface area contributed by atoms with E-state index in [1.165, 1.54) is 37.7 Å². The third-order valence-corrected chi connectivity index (χ3v) is 5.82. The molecular weight excluding hydrogens is 334 g/mol. The molecule has 1 saturated carbocycles. The summed E-state index contributed by atoms with van der Waals surface area (Å²) in [6, 6.07) is 15.3. The van der Waals surface area contributed by atoms with Gasteiger partial charge in [0.05, 0.1) is 11.1 Å². The molecule has 0 aliphatic heterocycles. The Bertz CT molecular complexity index is 824. The van der Waals surface area contributed by atoms with E-state index in [1.807, 2.05) is 25.1 Å². The quantitative estimate of drug-likeness (QED) is 0.483. The number of nitriles is 1. The molecule has 0 spiro atoms. The molecule has 2 aromatic rings. The Balaban J connectivity index is 1.67. The van der Waals surface area contributed by atoms with Gasteiger partial charge >= 0.3 is 5.97 Å². The van der Waals surface area contributed by atoms with Crippen LogP contribution in [0.5, 0.6) is 5.75 Å². The molecule has 0 aromatic heterocycles. The fourth-order valence-corrected chi connectivity index (χ4v) is 3.93. The van der Waals surface area contributed by atoms with E-state index in [-0.39, 0.29) is 0 Å². The summed E-state index contributed by atoms with van der Waals surface area (Å²) < 4.78 is 5.47. The lowest BCUT2D eigenvalue weighted by Gasteiger charge is -2.28. The third-order valence-electron chi connectivity index (χ3n) is 5.82. The lowest BCUT2D eigenvalue weighted by atomic mass is 9.78. The monoisotopic (exact) mass is 361 g/mol. The number of ether oxygens (including phenoxy) is 1. The summed E-state index contributed by atoms with van der Waals surface area (Å²) in [6.07, 6.45) is 7.19. The molecule has 0 radical (unpaired) electrons. The number of benzene rings is 2. The van der Waals surface area contributed by atoms with Gasteiger partial charge in [0.15, 0.2) is 0 Å². The Kier molecular flexibility index (Phi) is 6.29. The van der Waals surface area contributed by atoms with Gasteiger partial charge < -0.3 is 4.74 Å². The fourth-order valence-electron chi connectivity index (χ4n) is 3.93. The van der Waals surface area contributed by atoms with Crippen molar-refractivity contribution in [3.05, 3.63) is 64.7 Å². The van der Waals surface area contributed by atoms with Gasteiger partial charge in [0.2, 0.25) is 0 Å².